The average molecular weight is 358 g/mol. The molecule has 0 radical (unpaired) electrons. The summed E-state index contributed by atoms with van der Waals surface area (Å²) in [6, 6.07) is 0. The van der Waals surface area contributed by atoms with Crippen LogP contribution in [-0.4, -0.2) is 31.7 Å². The molecule has 1 aromatic heterocycles. The van der Waals surface area contributed by atoms with Crippen molar-refractivity contribution in [1.29, 1.82) is 0 Å². The smallest absolute Gasteiger partial charge is 0.276 e. The van der Waals surface area contributed by atoms with Crippen LogP contribution in [0.2, 0.25) is 0 Å². The fourth-order valence-corrected chi connectivity index (χ4v) is 5.45. The Hall–Kier alpha value is -0.960. The second kappa shape index (κ2) is 6.51. The zero-order chi connectivity index (χ0) is 16.6. The molecular weight excluding hydrogens is 334 g/mol. The summed E-state index contributed by atoms with van der Waals surface area (Å²) < 4.78 is 23.9. The van der Waals surface area contributed by atoms with E-state index >= 15 is 0 Å². The van der Waals surface area contributed by atoms with Crippen molar-refractivity contribution in [1.82, 2.24) is 4.31 Å². The Morgan fingerprint density at radius 2 is 1.91 bits per heavy atom. The Morgan fingerprint density at radius 3 is 2.52 bits per heavy atom. The normalized spacial score (nSPS) is 20.3. The van der Waals surface area contributed by atoms with E-state index in [2.05, 4.69) is 12.2 Å². The van der Waals surface area contributed by atoms with E-state index in [0.29, 0.717) is 25.9 Å². The van der Waals surface area contributed by atoms with Gasteiger partial charge in [0.2, 0.25) is 5.91 Å². The molecule has 3 rings (SSSR count). The lowest BCUT2D eigenvalue weighted by Crippen LogP contribution is -2.44. The van der Waals surface area contributed by atoms with Crippen molar-refractivity contribution >= 4 is 32.5 Å². The SMILES string of the molecule is Cc1c(NC(=O)C2CCN(S(N)(=O)=O)CC2)sc2c1CCCC2. The standard InChI is InChI=1S/C15H23N3O3S2/c1-10-12-4-2-3-5-13(12)22-15(10)17-14(19)11-6-8-18(9-7-11)23(16,20)21/h11H,2-9H2,1H3,(H,17,19)(H2,16,20,21). The van der Waals surface area contributed by atoms with Gasteiger partial charge in [-0.3, -0.25) is 4.79 Å². The molecular formula is C15H23N3O3S2. The number of carbonyl (C=O) groups excluding carboxylic acids is 1. The molecule has 2 aliphatic rings. The van der Waals surface area contributed by atoms with Gasteiger partial charge in [0.05, 0.1) is 5.00 Å². The predicted octanol–water partition coefficient (Wildman–Crippen LogP) is 1.79. The number of nitrogens with one attached hydrogen (secondary N) is 1. The summed E-state index contributed by atoms with van der Waals surface area (Å²) in [5.74, 6) is -0.146. The highest BCUT2D eigenvalue weighted by molar-refractivity contribution is 7.86. The number of thiophene rings is 1. The zero-order valence-corrected chi connectivity index (χ0v) is 14.9. The van der Waals surface area contributed by atoms with Gasteiger partial charge in [-0.15, -0.1) is 11.3 Å². The van der Waals surface area contributed by atoms with E-state index in [1.165, 1.54) is 33.2 Å². The summed E-state index contributed by atoms with van der Waals surface area (Å²) in [6.07, 6.45) is 5.72. The van der Waals surface area contributed by atoms with Crippen molar-refractivity contribution in [2.24, 2.45) is 11.1 Å². The maximum atomic E-state index is 12.5. The van der Waals surface area contributed by atoms with Crippen LogP contribution >= 0.6 is 11.3 Å². The van der Waals surface area contributed by atoms with Crippen LogP contribution in [0, 0.1) is 12.8 Å². The molecule has 1 fully saturated rings. The van der Waals surface area contributed by atoms with E-state index in [0.717, 1.165) is 17.8 Å². The molecule has 6 nitrogen and oxygen atoms in total. The second-order valence-electron chi connectivity index (χ2n) is 6.37. The zero-order valence-electron chi connectivity index (χ0n) is 13.3. The largest absolute Gasteiger partial charge is 0.317 e. The summed E-state index contributed by atoms with van der Waals surface area (Å²) in [5, 5.41) is 9.17. The lowest BCUT2D eigenvalue weighted by Gasteiger charge is -2.28. The molecule has 3 N–H and O–H groups in total. The van der Waals surface area contributed by atoms with Crippen LogP contribution in [0.3, 0.4) is 0 Å². The second-order valence-corrected chi connectivity index (χ2v) is 9.02. The Kier molecular flexibility index (Phi) is 4.78. The van der Waals surface area contributed by atoms with Gasteiger partial charge in [-0.2, -0.15) is 12.7 Å². The highest BCUT2D eigenvalue weighted by Gasteiger charge is 2.30. The highest BCUT2D eigenvalue weighted by Crippen LogP contribution is 2.37. The Morgan fingerprint density at radius 1 is 1.26 bits per heavy atom. The molecule has 0 atom stereocenters. The minimum Gasteiger partial charge on any atom is -0.317 e. The first-order chi connectivity index (χ1) is 10.9. The summed E-state index contributed by atoms with van der Waals surface area (Å²) >= 11 is 1.70. The van der Waals surface area contributed by atoms with Crippen LogP contribution in [0.15, 0.2) is 0 Å². The summed E-state index contributed by atoms with van der Waals surface area (Å²) in [7, 11) is -3.64. The first kappa shape index (κ1) is 16.9. The molecule has 1 aliphatic heterocycles. The minimum atomic E-state index is -3.64. The summed E-state index contributed by atoms with van der Waals surface area (Å²) in [5.41, 5.74) is 2.63. The molecule has 8 heteroatoms. The summed E-state index contributed by atoms with van der Waals surface area (Å²) in [4.78, 5) is 13.9. The van der Waals surface area contributed by atoms with Crippen molar-refractivity contribution in [2.75, 3.05) is 18.4 Å². The highest BCUT2D eigenvalue weighted by atomic mass is 32.2. The van der Waals surface area contributed by atoms with Crippen LogP contribution in [0.1, 0.15) is 41.7 Å². The Labute approximate surface area is 141 Å². The van der Waals surface area contributed by atoms with E-state index in [-0.39, 0.29) is 11.8 Å². The number of carbonyl (C=O) groups is 1. The fourth-order valence-electron chi connectivity index (χ4n) is 3.43. The third kappa shape index (κ3) is 3.60. The van der Waals surface area contributed by atoms with Crippen molar-refractivity contribution in [3.63, 3.8) is 0 Å². The first-order valence-corrected chi connectivity index (χ1v) is 10.4. The van der Waals surface area contributed by atoms with E-state index in [9.17, 15) is 13.2 Å². The predicted molar refractivity (Wildman–Crippen MR) is 91.7 cm³/mol. The molecule has 0 aromatic carbocycles. The van der Waals surface area contributed by atoms with Gasteiger partial charge in [0.1, 0.15) is 0 Å². The lowest BCUT2D eigenvalue weighted by molar-refractivity contribution is -0.120. The number of piperidine rings is 1. The lowest BCUT2D eigenvalue weighted by atomic mass is 9.95. The molecule has 1 amide bonds. The van der Waals surface area contributed by atoms with Gasteiger partial charge in [0.25, 0.3) is 10.2 Å². The average Bonchev–Trinajstić information content (AvgIpc) is 2.83. The number of amides is 1. The van der Waals surface area contributed by atoms with E-state index in [1.54, 1.807) is 11.3 Å². The molecule has 1 saturated heterocycles. The molecule has 2 heterocycles. The van der Waals surface area contributed by atoms with Gasteiger partial charge in [-0.1, -0.05) is 0 Å². The Bertz CT molecular complexity index is 704. The van der Waals surface area contributed by atoms with E-state index in [1.807, 2.05) is 0 Å². The van der Waals surface area contributed by atoms with Crippen LogP contribution < -0.4 is 10.5 Å². The maximum Gasteiger partial charge on any atom is 0.276 e. The molecule has 1 aliphatic carbocycles. The van der Waals surface area contributed by atoms with Gasteiger partial charge >= 0.3 is 0 Å². The maximum absolute atomic E-state index is 12.5. The van der Waals surface area contributed by atoms with Gasteiger partial charge in [-0.05, 0) is 56.6 Å². The molecule has 1 aromatic rings. The number of hydrogen-bond acceptors (Lipinski definition) is 4. The third-order valence-corrected chi connectivity index (χ3v) is 7.25. The van der Waals surface area contributed by atoms with Gasteiger partial charge < -0.3 is 5.32 Å². The number of nitrogens with zero attached hydrogens (tertiary/aromatic N) is 1. The minimum absolute atomic E-state index is 0.000710. The van der Waals surface area contributed by atoms with E-state index < -0.39 is 10.2 Å². The van der Waals surface area contributed by atoms with Gasteiger partial charge in [-0.25, -0.2) is 5.14 Å². The quantitative estimate of drug-likeness (QED) is 0.864. The summed E-state index contributed by atoms with van der Waals surface area (Å²) in [6.45, 7) is 2.72. The molecule has 0 unspecified atom stereocenters. The number of hydrogen-bond donors (Lipinski definition) is 2. The van der Waals surface area contributed by atoms with Crippen molar-refractivity contribution in [3.05, 3.63) is 16.0 Å². The molecule has 0 spiro atoms. The van der Waals surface area contributed by atoms with Crippen LogP contribution in [0.5, 0.6) is 0 Å². The number of fused-ring (bicyclic) bond motifs is 1. The topological polar surface area (TPSA) is 92.5 Å². The van der Waals surface area contributed by atoms with Crippen molar-refractivity contribution in [2.45, 2.75) is 45.4 Å². The number of aryl methyl sites for hydroxylation is 1. The molecule has 23 heavy (non-hydrogen) atoms. The van der Waals surface area contributed by atoms with Crippen molar-refractivity contribution in [3.8, 4) is 0 Å². The molecule has 128 valence electrons. The number of anilines is 1. The molecule has 0 bridgehead atoms. The van der Waals surface area contributed by atoms with E-state index in [4.69, 9.17) is 5.14 Å². The van der Waals surface area contributed by atoms with Gasteiger partial charge in [0, 0.05) is 23.9 Å². The Balaban J connectivity index is 1.63. The van der Waals surface area contributed by atoms with Gasteiger partial charge in [0.15, 0.2) is 0 Å². The number of nitrogens with two attached hydrogens (primary N) is 1. The van der Waals surface area contributed by atoms with Crippen LogP contribution in [-0.2, 0) is 27.8 Å². The van der Waals surface area contributed by atoms with Crippen LogP contribution in [0.4, 0.5) is 5.00 Å². The van der Waals surface area contributed by atoms with Crippen molar-refractivity contribution < 1.29 is 13.2 Å². The van der Waals surface area contributed by atoms with Crippen LogP contribution in [0.25, 0.3) is 0 Å². The monoisotopic (exact) mass is 357 g/mol. The number of rotatable bonds is 3. The third-order valence-electron chi connectivity index (χ3n) is 4.86. The first-order valence-electron chi connectivity index (χ1n) is 8.06. The fraction of sp³-hybridized carbons (Fsp3) is 0.667. The molecule has 0 saturated carbocycles.